The molecule has 152 valence electrons. The third-order valence-corrected chi connectivity index (χ3v) is 7.26. The van der Waals surface area contributed by atoms with Gasteiger partial charge in [0.25, 0.3) is 0 Å². The van der Waals surface area contributed by atoms with E-state index in [0.717, 1.165) is 36.8 Å². The van der Waals surface area contributed by atoms with Crippen LogP contribution in [-0.2, 0) is 4.74 Å². The summed E-state index contributed by atoms with van der Waals surface area (Å²) in [5.74, 6) is 0. The molecule has 29 heavy (non-hydrogen) atoms. The van der Waals surface area contributed by atoms with Crippen LogP contribution < -0.4 is 5.01 Å². The number of thiophene rings is 1. The molecule has 6 heteroatoms. The molecule has 0 unspecified atom stereocenters. The van der Waals surface area contributed by atoms with Crippen molar-refractivity contribution >= 4 is 49.6 Å². The Labute approximate surface area is 185 Å². The van der Waals surface area contributed by atoms with Crippen molar-refractivity contribution in [1.29, 1.82) is 0 Å². The Morgan fingerprint density at radius 1 is 1.03 bits per heavy atom. The summed E-state index contributed by atoms with van der Waals surface area (Å²) in [7, 11) is 7.43. The molecule has 0 atom stereocenters. The first-order valence-corrected chi connectivity index (χ1v) is 10.9. The van der Waals surface area contributed by atoms with E-state index in [1.165, 1.54) is 10.4 Å². The van der Waals surface area contributed by atoms with E-state index in [9.17, 15) is 0 Å². The zero-order chi connectivity index (χ0) is 19.8. The van der Waals surface area contributed by atoms with Gasteiger partial charge in [0.15, 0.2) is 0 Å². The second-order valence-electron chi connectivity index (χ2n) is 6.73. The lowest BCUT2D eigenvalue weighted by Crippen LogP contribution is -2.43. The molecule has 0 bridgehead atoms. The van der Waals surface area contributed by atoms with Crippen LogP contribution in [0.15, 0.2) is 54.6 Å². The minimum atomic E-state index is 0. The highest BCUT2D eigenvalue weighted by Gasteiger charge is 2.29. The van der Waals surface area contributed by atoms with Gasteiger partial charge < -0.3 is 4.74 Å². The lowest BCUT2D eigenvalue weighted by Gasteiger charge is -2.34. The third-order valence-electron chi connectivity index (χ3n) is 4.51. The molecule has 0 spiro atoms. The minimum Gasteiger partial charge on any atom is -0.338 e. The molecule has 0 saturated heterocycles. The van der Waals surface area contributed by atoms with Gasteiger partial charge in [0, 0.05) is 31.6 Å². The summed E-state index contributed by atoms with van der Waals surface area (Å²) in [4.78, 5) is 3.38. The summed E-state index contributed by atoms with van der Waals surface area (Å²) in [6.45, 7) is 2.05. The molecule has 0 saturated carbocycles. The number of hydrogen-bond acceptors (Lipinski definition) is 4. The molecular formula is C23H25ClN2OS2. The number of benzene rings is 2. The molecular weight excluding hydrogens is 420 g/mol. The molecule has 0 aliphatic carbocycles. The predicted octanol–water partition coefficient (Wildman–Crippen LogP) is 6.35. The number of nitrogens with zero attached hydrogens (tertiary/aromatic N) is 2. The molecule has 2 aromatic carbocycles. The van der Waals surface area contributed by atoms with Crippen molar-refractivity contribution in [1.82, 2.24) is 5.01 Å². The third kappa shape index (κ3) is 4.06. The summed E-state index contributed by atoms with van der Waals surface area (Å²) in [5.41, 5.74) is 4.45. The van der Waals surface area contributed by atoms with E-state index in [-0.39, 0.29) is 7.43 Å². The van der Waals surface area contributed by atoms with Gasteiger partial charge in [-0.2, -0.15) is 0 Å². The standard InChI is InChI=1S/C22H21ClN2OS2.CH4/c1-14-10-11-16(17(23)12-14)21-25(24(2)3)18-13-19(15-8-6-5-7-9-15)27-20(18)22(26-4)28-21;/h5-13H,1-4H3;1H4. The van der Waals surface area contributed by atoms with Gasteiger partial charge in [-0.25, -0.2) is 5.01 Å². The Balaban J connectivity index is 0.00000240. The average molecular weight is 445 g/mol. The van der Waals surface area contributed by atoms with Crippen LogP contribution in [-0.4, -0.2) is 36.3 Å². The number of ether oxygens (including phenoxy) is 1. The van der Waals surface area contributed by atoms with Crippen molar-refractivity contribution in [3.05, 3.63) is 75.6 Å². The van der Waals surface area contributed by atoms with Crippen LogP contribution in [0.4, 0.5) is 5.69 Å². The van der Waals surface area contributed by atoms with Gasteiger partial charge in [-0.3, -0.25) is 5.01 Å². The summed E-state index contributed by atoms with van der Waals surface area (Å²) in [5, 5.41) is 5.94. The van der Waals surface area contributed by atoms with E-state index in [1.807, 2.05) is 33.2 Å². The minimum absolute atomic E-state index is 0. The fraction of sp³-hybridized carbons (Fsp3) is 0.217. The lowest BCUT2D eigenvalue weighted by atomic mass is 10.1. The van der Waals surface area contributed by atoms with Gasteiger partial charge >= 0.3 is 0 Å². The number of fused-ring (bicyclic) bond motifs is 1. The smallest absolute Gasteiger partial charge is 0.150 e. The molecule has 1 aliphatic rings. The molecule has 0 amide bonds. The summed E-state index contributed by atoms with van der Waals surface area (Å²) >= 11 is 8.37. The number of anilines is 1. The van der Waals surface area contributed by atoms with Crippen molar-refractivity contribution in [2.75, 3.05) is 26.2 Å². The lowest BCUT2D eigenvalue weighted by molar-refractivity contribution is 0.412. The monoisotopic (exact) mass is 444 g/mol. The van der Waals surface area contributed by atoms with Gasteiger partial charge in [-0.1, -0.05) is 72.4 Å². The molecule has 0 radical (unpaired) electrons. The number of aryl methyl sites for hydroxylation is 1. The van der Waals surface area contributed by atoms with Crippen LogP contribution in [0.25, 0.3) is 10.4 Å². The van der Waals surface area contributed by atoms with Crippen LogP contribution in [0, 0.1) is 6.92 Å². The molecule has 2 heterocycles. The first-order valence-electron chi connectivity index (χ1n) is 8.89. The first kappa shape index (κ1) is 21.8. The number of hydrogen-bond donors (Lipinski definition) is 0. The SMILES string of the molecule is C.COC1=S=C(c2ccc(C)cc2Cl)N(N(C)C)c2cc(-c3ccccc3)sc21. The van der Waals surface area contributed by atoms with Gasteiger partial charge in [-0.15, -0.1) is 11.3 Å². The number of rotatable bonds is 3. The van der Waals surface area contributed by atoms with E-state index in [4.69, 9.17) is 16.3 Å². The fourth-order valence-electron chi connectivity index (χ4n) is 3.21. The summed E-state index contributed by atoms with van der Waals surface area (Å²) in [6, 6.07) is 18.9. The molecule has 4 rings (SSSR count). The van der Waals surface area contributed by atoms with Crippen LogP contribution >= 0.6 is 33.9 Å². The number of methoxy groups -OCH3 is 1. The van der Waals surface area contributed by atoms with Crippen molar-refractivity contribution in [3.8, 4) is 10.4 Å². The Kier molecular flexibility index (Phi) is 6.66. The maximum absolute atomic E-state index is 6.63. The Morgan fingerprint density at radius 3 is 2.38 bits per heavy atom. The largest absolute Gasteiger partial charge is 0.338 e. The summed E-state index contributed by atoms with van der Waals surface area (Å²) < 4.78 is 5.79. The molecule has 0 N–H and O–H groups in total. The Hall–Kier alpha value is -1.89. The Bertz CT molecular complexity index is 1100. The van der Waals surface area contributed by atoms with Gasteiger partial charge in [0.2, 0.25) is 0 Å². The van der Waals surface area contributed by atoms with Crippen molar-refractivity contribution in [3.63, 3.8) is 0 Å². The van der Waals surface area contributed by atoms with Crippen molar-refractivity contribution in [2.45, 2.75) is 14.4 Å². The highest BCUT2D eigenvalue weighted by Crippen LogP contribution is 2.41. The molecule has 0 fully saturated rings. The summed E-state index contributed by atoms with van der Waals surface area (Å²) in [6.07, 6.45) is 0. The molecule has 3 aromatic rings. The van der Waals surface area contributed by atoms with Crippen molar-refractivity contribution < 1.29 is 4.74 Å². The molecule has 1 aromatic heterocycles. The van der Waals surface area contributed by atoms with Gasteiger partial charge in [0.1, 0.15) is 10.0 Å². The highest BCUT2D eigenvalue weighted by molar-refractivity contribution is 7.99. The van der Waals surface area contributed by atoms with E-state index < -0.39 is 0 Å². The topological polar surface area (TPSA) is 15.7 Å². The normalized spacial score (nSPS) is 13.2. The number of halogens is 1. The second kappa shape index (κ2) is 8.86. The van der Waals surface area contributed by atoms with Crippen LogP contribution in [0.3, 0.4) is 0 Å². The fourth-order valence-corrected chi connectivity index (χ4v) is 5.99. The van der Waals surface area contributed by atoms with E-state index in [0.29, 0.717) is 0 Å². The van der Waals surface area contributed by atoms with E-state index in [1.54, 1.807) is 29.4 Å². The number of hydrazine groups is 1. The van der Waals surface area contributed by atoms with E-state index >= 15 is 0 Å². The highest BCUT2D eigenvalue weighted by atomic mass is 35.5. The van der Waals surface area contributed by atoms with Gasteiger partial charge in [0.05, 0.1) is 15.6 Å². The van der Waals surface area contributed by atoms with Gasteiger partial charge in [-0.05, 0) is 30.2 Å². The predicted molar refractivity (Wildman–Crippen MR) is 132 cm³/mol. The van der Waals surface area contributed by atoms with Crippen molar-refractivity contribution in [2.24, 2.45) is 0 Å². The zero-order valence-corrected chi connectivity index (χ0v) is 18.6. The van der Waals surface area contributed by atoms with Crippen LogP contribution in [0.1, 0.15) is 23.4 Å². The Morgan fingerprint density at radius 2 is 1.76 bits per heavy atom. The molecule has 1 aliphatic heterocycles. The maximum atomic E-state index is 6.63. The quantitative estimate of drug-likeness (QED) is 0.438. The zero-order valence-electron chi connectivity index (χ0n) is 16.2. The van der Waals surface area contributed by atoms with Crippen LogP contribution in [0.5, 0.6) is 0 Å². The van der Waals surface area contributed by atoms with E-state index in [2.05, 4.69) is 52.5 Å². The second-order valence-corrected chi connectivity index (χ2v) is 9.15. The first-order chi connectivity index (χ1) is 13.5. The van der Waals surface area contributed by atoms with Crippen LogP contribution in [0.2, 0.25) is 5.02 Å². The molecule has 3 nitrogen and oxygen atoms in total. The average Bonchev–Trinajstić information content (AvgIpc) is 3.12. The maximum Gasteiger partial charge on any atom is 0.150 e.